The Balaban J connectivity index is 1.69. The molecule has 0 unspecified atom stereocenters. The second-order valence-electron chi connectivity index (χ2n) is 6.77. The van der Waals surface area contributed by atoms with E-state index in [1.54, 1.807) is 0 Å². The molecule has 1 atom stereocenters. The summed E-state index contributed by atoms with van der Waals surface area (Å²) < 4.78 is 4.06. The molecule has 1 fully saturated rings. The molecule has 0 radical (unpaired) electrons. The van der Waals surface area contributed by atoms with Crippen molar-refractivity contribution in [1.82, 2.24) is 24.2 Å². The molecule has 0 bridgehead atoms. The molecule has 0 aromatic carbocycles. The summed E-state index contributed by atoms with van der Waals surface area (Å²) in [4.78, 5) is 6.93. The van der Waals surface area contributed by atoms with Crippen LogP contribution in [0.3, 0.4) is 0 Å². The SMILES string of the molecule is CCc1nn(C)c(Cl)c1CN1CCCC[C@@H]1CCn1ccnc1C. The number of halogens is 1. The predicted molar refractivity (Wildman–Crippen MR) is 97.2 cm³/mol. The standard InChI is InChI=1S/C18H28ClN5/c1-4-17-16(18(19)22(3)21-17)13-24-10-6-5-7-15(24)8-11-23-12-9-20-14(23)2/h9,12,15H,4-8,10-11,13H2,1-3H3/t15-/m1/s1. The molecule has 1 aliphatic rings. The molecular formula is C18H28ClN5. The van der Waals surface area contributed by atoms with Gasteiger partial charge in [-0.15, -0.1) is 0 Å². The van der Waals surface area contributed by atoms with Crippen molar-refractivity contribution in [2.75, 3.05) is 6.54 Å². The Hall–Kier alpha value is -1.33. The van der Waals surface area contributed by atoms with Gasteiger partial charge in [0, 0.05) is 44.1 Å². The van der Waals surface area contributed by atoms with Crippen molar-refractivity contribution >= 4 is 11.6 Å². The minimum atomic E-state index is 0.613. The summed E-state index contributed by atoms with van der Waals surface area (Å²) in [5.41, 5.74) is 2.35. The van der Waals surface area contributed by atoms with Crippen LogP contribution in [0.25, 0.3) is 0 Å². The van der Waals surface area contributed by atoms with E-state index in [-0.39, 0.29) is 0 Å². The second kappa shape index (κ2) is 7.70. The van der Waals surface area contributed by atoms with Crippen molar-refractivity contribution in [1.29, 1.82) is 0 Å². The van der Waals surface area contributed by atoms with Crippen LogP contribution in [0.5, 0.6) is 0 Å². The summed E-state index contributed by atoms with van der Waals surface area (Å²) in [5, 5.41) is 5.36. The van der Waals surface area contributed by atoms with Gasteiger partial charge in [-0.25, -0.2) is 4.98 Å². The van der Waals surface area contributed by atoms with Gasteiger partial charge in [0.15, 0.2) is 0 Å². The van der Waals surface area contributed by atoms with Gasteiger partial charge < -0.3 is 4.57 Å². The van der Waals surface area contributed by atoms with E-state index in [9.17, 15) is 0 Å². The van der Waals surface area contributed by atoms with Gasteiger partial charge in [-0.1, -0.05) is 24.9 Å². The van der Waals surface area contributed by atoms with Crippen LogP contribution in [-0.4, -0.2) is 36.8 Å². The first-order valence-electron chi connectivity index (χ1n) is 9.02. The van der Waals surface area contributed by atoms with E-state index in [0.29, 0.717) is 6.04 Å². The van der Waals surface area contributed by atoms with Crippen LogP contribution >= 0.6 is 11.6 Å². The molecule has 2 aromatic rings. The number of rotatable bonds is 6. The van der Waals surface area contributed by atoms with Crippen molar-refractivity contribution in [3.8, 4) is 0 Å². The molecule has 1 aliphatic heterocycles. The third-order valence-electron chi connectivity index (χ3n) is 5.22. The van der Waals surface area contributed by atoms with Gasteiger partial charge in [-0.3, -0.25) is 9.58 Å². The summed E-state index contributed by atoms with van der Waals surface area (Å²) >= 11 is 6.50. The molecule has 6 heteroatoms. The van der Waals surface area contributed by atoms with Crippen molar-refractivity contribution in [2.24, 2.45) is 7.05 Å². The topological polar surface area (TPSA) is 38.9 Å². The summed E-state index contributed by atoms with van der Waals surface area (Å²) in [6, 6.07) is 0.613. The Labute approximate surface area is 149 Å². The van der Waals surface area contributed by atoms with Crippen LogP contribution < -0.4 is 0 Å². The maximum absolute atomic E-state index is 6.50. The highest BCUT2D eigenvalue weighted by molar-refractivity contribution is 6.30. The highest BCUT2D eigenvalue weighted by Gasteiger charge is 2.25. The molecule has 0 amide bonds. The van der Waals surface area contributed by atoms with Crippen LogP contribution in [0, 0.1) is 6.92 Å². The van der Waals surface area contributed by atoms with Gasteiger partial charge in [0.1, 0.15) is 11.0 Å². The first kappa shape index (κ1) is 17.5. The van der Waals surface area contributed by atoms with Crippen LogP contribution in [0.2, 0.25) is 5.15 Å². The van der Waals surface area contributed by atoms with Crippen LogP contribution in [0.15, 0.2) is 12.4 Å². The first-order chi connectivity index (χ1) is 11.6. The van der Waals surface area contributed by atoms with Crippen molar-refractivity contribution in [3.05, 3.63) is 34.6 Å². The van der Waals surface area contributed by atoms with Crippen LogP contribution in [0.4, 0.5) is 0 Å². The maximum Gasteiger partial charge on any atom is 0.131 e. The highest BCUT2D eigenvalue weighted by Crippen LogP contribution is 2.27. The summed E-state index contributed by atoms with van der Waals surface area (Å²) in [5.74, 6) is 1.10. The van der Waals surface area contributed by atoms with Gasteiger partial charge in [-0.05, 0) is 39.2 Å². The fraction of sp³-hybridized carbons (Fsp3) is 0.667. The van der Waals surface area contributed by atoms with Crippen LogP contribution in [-0.2, 0) is 26.6 Å². The number of imidazole rings is 1. The average Bonchev–Trinajstić information content (AvgIpc) is 3.11. The van der Waals surface area contributed by atoms with E-state index in [4.69, 9.17) is 11.6 Å². The van der Waals surface area contributed by atoms with Crippen molar-refractivity contribution in [3.63, 3.8) is 0 Å². The zero-order chi connectivity index (χ0) is 17.1. The average molecular weight is 350 g/mol. The van der Waals surface area contributed by atoms with Gasteiger partial charge in [-0.2, -0.15) is 5.10 Å². The van der Waals surface area contributed by atoms with E-state index in [1.165, 1.54) is 24.8 Å². The minimum Gasteiger partial charge on any atom is -0.335 e. The van der Waals surface area contributed by atoms with Gasteiger partial charge in [0.2, 0.25) is 0 Å². The highest BCUT2D eigenvalue weighted by atomic mass is 35.5. The molecule has 2 aromatic heterocycles. The van der Waals surface area contributed by atoms with Gasteiger partial charge in [0.25, 0.3) is 0 Å². The number of aromatic nitrogens is 4. The Kier molecular flexibility index (Phi) is 5.61. The van der Waals surface area contributed by atoms with Crippen molar-refractivity contribution < 1.29 is 0 Å². The van der Waals surface area contributed by atoms with E-state index in [2.05, 4.69) is 39.6 Å². The van der Waals surface area contributed by atoms with Gasteiger partial charge in [0.05, 0.1) is 5.69 Å². The number of piperidine rings is 1. The molecule has 0 saturated carbocycles. The normalized spacial score (nSPS) is 19.1. The third kappa shape index (κ3) is 3.67. The quantitative estimate of drug-likeness (QED) is 0.800. The molecule has 0 aliphatic carbocycles. The number of nitrogens with zero attached hydrogens (tertiary/aromatic N) is 5. The summed E-state index contributed by atoms with van der Waals surface area (Å²) in [6.07, 6.45) is 9.93. The molecule has 5 nitrogen and oxygen atoms in total. The van der Waals surface area contributed by atoms with E-state index in [0.717, 1.165) is 49.1 Å². The van der Waals surface area contributed by atoms with Crippen molar-refractivity contribution in [2.45, 2.75) is 65.1 Å². The molecule has 3 heterocycles. The largest absolute Gasteiger partial charge is 0.335 e. The number of likely N-dealkylation sites (tertiary alicyclic amines) is 1. The number of hydrogen-bond acceptors (Lipinski definition) is 3. The molecule has 0 N–H and O–H groups in total. The maximum atomic E-state index is 6.50. The Morgan fingerprint density at radius 1 is 1.33 bits per heavy atom. The molecule has 3 rings (SSSR count). The minimum absolute atomic E-state index is 0.613. The Morgan fingerprint density at radius 3 is 2.88 bits per heavy atom. The van der Waals surface area contributed by atoms with Crippen LogP contribution in [0.1, 0.15) is 49.7 Å². The first-order valence-corrected chi connectivity index (χ1v) is 9.40. The zero-order valence-corrected chi connectivity index (χ0v) is 15.8. The summed E-state index contributed by atoms with van der Waals surface area (Å²) in [6.45, 7) is 7.33. The monoisotopic (exact) mass is 349 g/mol. The lowest BCUT2D eigenvalue weighted by molar-refractivity contribution is 0.128. The van der Waals surface area contributed by atoms with Gasteiger partial charge >= 0.3 is 0 Å². The summed E-state index contributed by atoms with van der Waals surface area (Å²) in [7, 11) is 1.93. The fourth-order valence-electron chi connectivity index (χ4n) is 3.77. The van der Waals surface area contributed by atoms with E-state index < -0.39 is 0 Å². The lowest BCUT2D eigenvalue weighted by Gasteiger charge is -2.36. The number of aryl methyl sites for hydroxylation is 4. The molecule has 1 saturated heterocycles. The molecule has 24 heavy (non-hydrogen) atoms. The Morgan fingerprint density at radius 2 is 2.17 bits per heavy atom. The molecule has 132 valence electrons. The molecular weight excluding hydrogens is 322 g/mol. The third-order valence-corrected chi connectivity index (χ3v) is 5.70. The lowest BCUT2D eigenvalue weighted by Crippen LogP contribution is -2.39. The Bertz CT molecular complexity index is 675. The van der Waals surface area contributed by atoms with E-state index >= 15 is 0 Å². The predicted octanol–water partition coefficient (Wildman–Crippen LogP) is 3.59. The zero-order valence-electron chi connectivity index (χ0n) is 15.0. The lowest BCUT2D eigenvalue weighted by atomic mass is 9.98. The second-order valence-corrected chi connectivity index (χ2v) is 7.13. The van der Waals surface area contributed by atoms with E-state index in [1.807, 2.05) is 17.9 Å². The number of hydrogen-bond donors (Lipinski definition) is 0. The molecule has 0 spiro atoms. The smallest absolute Gasteiger partial charge is 0.131 e. The fourth-order valence-corrected chi connectivity index (χ4v) is 3.97.